The molecular weight excluding hydrogens is 521 g/mol. The summed E-state index contributed by atoms with van der Waals surface area (Å²) < 4.78 is 30.6. The number of nitrogens with one attached hydrogen (secondary N) is 3. The molecular formula is C19H40IN5O4S. The summed E-state index contributed by atoms with van der Waals surface area (Å²) in [5, 5.41) is 9.36. The Labute approximate surface area is 199 Å². The maximum absolute atomic E-state index is 12.0. The number of unbranched alkanes of at least 4 members (excludes halogenated alkanes) is 1. The Morgan fingerprint density at radius 2 is 1.93 bits per heavy atom. The van der Waals surface area contributed by atoms with Gasteiger partial charge in [0.05, 0.1) is 12.3 Å². The first-order valence-corrected chi connectivity index (χ1v) is 12.2. The highest BCUT2D eigenvalue weighted by Gasteiger charge is 2.27. The third-order valence-electron chi connectivity index (χ3n) is 4.31. The highest BCUT2D eigenvalue weighted by molar-refractivity contribution is 14.0. The van der Waals surface area contributed by atoms with Gasteiger partial charge in [0.1, 0.15) is 5.60 Å². The highest BCUT2D eigenvalue weighted by atomic mass is 127. The van der Waals surface area contributed by atoms with E-state index in [0.717, 1.165) is 19.3 Å². The van der Waals surface area contributed by atoms with E-state index in [9.17, 15) is 13.2 Å². The predicted octanol–water partition coefficient (Wildman–Crippen LogP) is 2.28. The Hall–Kier alpha value is -0.820. The van der Waals surface area contributed by atoms with Gasteiger partial charge in [0.25, 0.3) is 0 Å². The molecule has 0 saturated carbocycles. The van der Waals surface area contributed by atoms with Gasteiger partial charge < -0.3 is 20.7 Å². The molecule has 1 amide bonds. The largest absolute Gasteiger partial charge is 0.444 e. The van der Waals surface area contributed by atoms with E-state index in [4.69, 9.17) is 4.74 Å². The first-order valence-electron chi connectivity index (χ1n) is 10.6. The molecule has 1 aliphatic rings. The number of rotatable bonds is 10. The zero-order chi connectivity index (χ0) is 21.9. The predicted molar refractivity (Wildman–Crippen MR) is 132 cm³/mol. The maximum Gasteiger partial charge on any atom is 0.407 e. The fraction of sp³-hybridized carbons (Fsp3) is 0.895. The van der Waals surface area contributed by atoms with E-state index in [1.54, 1.807) is 0 Å². The van der Waals surface area contributed by atoms with Crippen LogP contribution in [0.1, 0.15) is 60.3 Å². The lowest BCUT2D eigenvalue weighted by Gasteiger charge is -2.24. The van der Waals surface area contributed by atoms with Crippen LogP contribution in [-0.2, 0) is 14.8 Å². The molecule has 1 atom stereocenters. The van der Waals surface area contributed by atoms with Gasteiger partial charge in [-0.2, -0.15) is 0 Å². The van der Waals surface area contributed by atoms with E-state index < -0.39 is 21.7 Å². The Bertz CT molecular complexity index is 637. The number of alkyl carbamates (subject to hydrolysis) is 1. The molecule has 0 spiro atoms. The Morgan fingerprint density at radius 1 is 1.23 bits per heavy atom. The summed E-state index contributed by atoms with van der Waals surface area (Å²) in [5.74, 6) is 0.848. The second-order valence-electron chi connectivity index (χ2n) is 8.20. The molecule has 0 aromatic carbocycles. The fourth-order valence-corrected chi connectivity index (χ4v) is 4.44. The summed E-state index contributed by atoms with van der Waals surface area (Å²) in [4.78, 5) is 16.5. The molecule has 0 bridgehead atoms. The Morgan fingerprint density at radius 3 is 2.47 bits per heavy atom. The lowest BCUT2D eigenvalue weighted by molar-refractivity contribution is 0.0522. The number of amides is 1. The van der Waals surface area contributed by atoms with Crippen LogP contribution >= 0.6 is 24.0 Å². The SMILES string of the molecule is CCCCC(CNC(=O)OC(C)(C)C)NC(=NCCN1CCCS1(=O)=O)NCC.I. The number of sulfonamides is 1. The van der Waals surface area contributed by atoms with Gasteiger partial charge in [-0.3, -0.25) is 4.99 Å². The topological polar surface area (TPSA) is 112 Å². The second kappa shape index (κ2) is 14.3. The lowest BCUT2D eigenvalue weighted by Crippen LogP contribution is -2.49. The van der Waals surface area contributed by atoms with E-state index in [0.29, 0.717) is 45.1 Å². The monoisotopic (exact) mass is 561 g/mol. The summed E-state index contributed by atoms with van der Waals surface area (Å²) in [5.41, 5.74) is -0.539. The smallest absolute Gasteiger partial charge is 0.407 e. The number of guanidine groups is 1. The molecule has 1 saturated heterocycles. The normalized spacial score (nSPS) is 17.7. The number of hydrogen-bond donors (Lipinski definition) is 3. The molecule has 0 aromatic rings. The van der Waals surface area contributed by atoms with Crippen molar-refractivity contribution in [3.05, 3.63) is 0 Å². The number of carbonyl (C=O) groups is 1. The molecule has 11 heteroatoms. The fourth-order valence-electron chi connectivity index (χ4n) is 2.93. The van der Waals surface area contributed by atoms with Gasteiger partial charge in [-0.25, -0.2) is 17.5 Å². The zero-order valence-electron chi connectivity index (χ0n) is 19.0. The van der Waals surface area contributed by atoms with Crippen LogP contribution < -0.4 is 16.0 Å². The van der Waals surface area contributed by atoms with E-state index in [1.165, 1.54) is 4.31 Å². The van der Waals surface area contributed by atoms with Crippen molar-refractivity contribution >= 4 is 46.1 Å². The average Bonchev–Trinajstić information content (AvgIpc) is 2.94. The first kappa shape index (κ1) is 29.2. The number of carbonyl (C=O) groups excluding carboxylic acids is 1. The van der Waals surface area contributed by atoms with Gasteiger partial charge in [-0.1, -0.05) is 19.8 Å². The van der Waals surface area contributed by atoms with Crippen molar-refractivity contribution in [3.8, 4) is 0 Å². The minimum atomic E-state index is -3.10. The summed E-state index contributed by atoms with van der Waals surface area (Å²) in [6.07, 6.45) is 3.17. The molecule has 9 nitrogen and oxygen atoms in total. The van der Waals surface area contributed by atoms with Gasteiger partial charge in [0.15, 0.2) is 5.96 Å². The number of ether oxygens (including phenoxy) is 1. The molecule has 1 heterocycles. The molecule has 1 fully saturated rings. The minimum Gasteiger partial charge on any atom is -0.444 e. The molecule has 30 heavy (non-hydrogen) atoms. The second-order valence-corrected chi connectivity index (χ2v) is 10.3. The van der Waals surface area contributed by atoms with E-state index in [-0.39, 0.29) is 35.8 Å². The maximum atomic E-state index is 12.0. The molecule has 178 valence electrons. The van der Waals surface area contributed by atoms with Crippen LogP contribution in [0.2, 0.25) is 0 Å². The van der Waals surface area contributed by atoms with Crippen LogP contribution in [0.5, 0.6) is 0 Å². The van der Waals surface area contributed by atoms with Crippen LogP contribution in [0.15, 0.2) is 4.99 Å². The number of halogens is 1. The van der Waals surface area contributed by atoms with Crippen LogP contribution in [0.4, 0.5) is 4.79 Å². The van der Waals surface area contributed by atoms with Crippen molar-refractivity contribution in [2.75, 3.05) is 38.5 Å². The Kier molecular flexibility index (Phi) is 13.9. The van der Waals surface area contributed by atoms with Gasteiger partial charge >= 0.3 is 6.09 Å². The van der Waals surface area contributed by atoms with E-state index in [2.05, 4.69) is 27.9 Å². The van der Waals surface area contributed by atoms with Crippen molar-refractivity contribution in [2.45, 2.75) is 71.9 Å². The van der Waals surface area contributed by atoms with Gasteiger partial charge in [-0.05, 0) is 40.5 Å². The van der Waals surface area contributed by atoms with Crippen LogP contribution in [0.25, 0.3) is 0 Å². The third-order valence-corrected chi connectivity index (χ3v) is 6.26. The zero-order valence-corrected chi connectivity index (χ0v) is 22.1. The van der Waals surface area contributed by atoms with Crippen molar-refractivity contribution in [2.24, 2.45) is 4.99 Å². The number of aliphatic imine (C=N–C) groups is 1. The summed E-state index contributed by atoms with van der Waals surface area (Å²) in [7, 11) is -3.10. The minimum absolute atomic E-state index is 0. The molecule has 1 unspecified atom stereocenters. The lowest BCUT2D eigenvalue weighted by atomic mass is 10.1. The Balaban J connectivity index is 0.00000841. The number of nitrogens with zero attached hydrogens (tertiary/aromatic N) is 2. The third kappa shape index (κ3) is 12.1. The standard InChI is InChI=1S/C19H39N5O4S.HI/c1-6-8-10-16(15-22-18(25)28-19(3,4)5)23-17(20-7-2)21-11-13-24-12-9-14-29(24,26)27;/h16H,6-15H2,1-5H3,(H,22,25)(H2,20,21,23);1H. The van der Waals surface area contributed by atoms with E-state index in [1.807, 2.05) is 27.7 Å². The molecule has 1 rings (SSSR count). The summed E-state index contributed by atoms with van der Waals surface area (Å²) in [6.45, 7) is 12.0. The van der Waals surface area contributed by atoms with Crippen molar-refractivity contribution < 1.29 is 17.9 Å². The molecule has 0 radical (unpaired) electrons. The van der Waals surface area contributed by atoms with E-state index >= 15 is 0 Å². The molecule has 0 aromatic heterocycles. The van der Waals surface area contributed by atoms with Crippen LogP contribution in [0.3, 0.4) is 0 Å². The van der Waals surface area contributed by atoms with Crippen molar-refractivity contribution in [1.29, 1.82) is 0 Å². The number of hydrogen-bond acceptors (Lipinski definition) is 5. The molecule has 0 aliphatic carbocycles. The van der Waals surface area contributed by atoms with Gasteiger partial charge in [0.2, 0.25) is 10.0 Å². The highest BCUT2D eigenvalue weighted by Crippen LogP contribution is 2.12. The summed E-state index contributed by atoms with van der Waals surface area (Å²) >= 11 is 0. The van der Waals surface area contributed by atoms with Gasteiger partial charge in [-0.15, -0.1) is 24.0 Å². The van der Waals surface area contributed by atoms with Crippen LogP contribution in [-0.4, -0.2) is 74.9 Å². The van der Waals surface area contributed by atoms with Crippen molar-refractivity contribution in [3.63, 3.8) is 0 Å². The van der Waals surface area contributed by atoms with Crippen LogP contribution in [0, 0.1) is 0 Å². The summed E-state index contributed by atoms with van der Waals surface area (Å²) in [6, 6.07) is -0.00390. The van der Waals surface area contributed by atoms with Crippen molar-refractivity contribution in [1.82, 2.24) is 20.3 Å². The molecule has 3 N–H and O–H groups in total. The molecule has 1 aliphatic heterocycles. The van der Waals surface area contributed by atoms with Gasteiger partial charge in [0, 0.05) is 32.2 Å². The quantitative estimate of drug-likeness (QED) is 0.215. The first-order chi connectivity index (χ1) is 13.6. The average molecular weight is 562 g/mol.